The summed E-state index contributed by atoms with van der Waals surface area (Å²) in [6, 6.07) is 5.29. The van der Waals surface area contributed by atoms with Crippen LogP contribution in [0.2, 0.25) is 10.0 Å². The van der Waals surface area contributed by atoms with Crippen LogP contribution >= 0.6 is 23.2 Å². The number of allylic oxidation sites excluding steroid dienone is 2. The number of halogens is 2. The zero-order valence-electron chi connectivity index (χ0n) is 10.2. The van der Waals surface area contributed by atoms with E-state index < -0.39 is 0 Å². The summed E-state index contributed by atoms with van der Waals surface area (Å²) in [5.74, 6) is 1.61. The van der Waals surface area contributed by atoms with Gasteiger partial charge in [0.05, 0.1) is 10.0 Å². The maximum absolute atomic E-state index is 5.97. The normalized spacial score (nSPS) is 15.1. The lowest BCUT2D eigenvalue weighted by atomic mass is 10.1. The average Bonchev–Trinajstić information content (AvgIpc) is 2.37. The number of rotatable bonds is 4. The van der Waals surface area contributed by atoms with Crippen LogP contribution in [0.4, 0.5) is 0 Å². The van der Waals surface area contributed by atoms with Crippen LogP contribution in [-0.2, 0) is 0 Å². The summed E-state index contributed by atoms with van der Waals surface area (Å²) in [4.78, 5) is 0. The van der Waals surface area contributed by atoms with E-state index in [-0.39, 0.29) is 0 Å². The molecule has 1 aliphatic carbocycles. The molecule has 0 spiro atoms. The van der Waals surface area contributed by atoms with Gasteiger partial charge in [0, 0.05) is 18.2 Å². The van der Waals surface area contributed by atoms with Crippen molar-refractivity contribution in [3.05, 3.63) is 51.7 Å². The third kappa shape index (κ3) is 3.29. The number of nitrogens with one attached hydrogen (secondary N) is 1. The van der Waals surface area contributed by atoms with Gasteiger partial charge in [-0.05, 0) is 38.1 Å². The van der Waals surface area contributed by atoms with E-state index in [1.54, 1.807) is 12.1 Å². The molecule has 0 aromatic heterocycles. The largest absolute Gasteiger partial charge is 0.457 e. The standard InChI is InChI=1S/C14H15Cl2NO/c1-17-9-10-4-2-3-5-14(10)18-11-6-7-12(15)13(16)8-11/h4-8,17H,2-3,9H2,1H3. The number of ether oxygens (including phenoxy) is 1. The van der Waals surface area contributed by atoms with Gasteiger partial charge < -0.3 is 10.1 Å². The summed E-state index contributed by atoms with van der Waals surface area (Å²) in [7, 11) is 1.92. The Kier molecular flexibility index (Phi) is 4.70. The number of benzene rings is 1. The van der Waals surface area contributed by atoms with E-state index in [1.165, 1.54) is 5.57 Å². The van der Waals surface area contributed by atoms with Crippen molar-refractivity contribution in [2.45, 2.75) is 12.8 Å². The molecule has 0 atom stereocenters. The Hall–Kier alpha value is -0.960. The maximum atomic E-state index is 5.97. The molecule has 1 N–H and O–H groups in total. The van der Waals surface area contributed by atoms with Crippen molar-refractivity contribution in [3.63, 3.8) is 0 Å². The van der Waals surface area contributed by atoms with Crippen LogP contribution in [0.1, 0.15) is 12.8 Å². The lowest BCUT2D eigenvalue weighted by molar-refractivity contribution is 0.426. The fraction of sp³-hybridized carbons (Fsp3) is 0.286. The Morgan fingerprint density at radius 1 is 1.17 bits per heavy atom. The monoisotopic (exact) mass is 283 g/mol. The first-order valence-electron chi connectivity index (χ1n) is 5.88. The highest BCUT2D eigenvalue weighted by Crippen LogP contribution is 2.29. The molecule has 0 heterocycles. The lowest BCUT2D eigenvalue weighted by Crippen LogP contribution is -2.15. The maximum Gasteiger partial charge on any atom is 0.129 e. The van der Waals surface area contributed by atoms with Gasteiger partial charge in [0.15, 0.2) is 0 Å². The van der Waals surface area contributed by atoms with E-state index in [0.29, 0.717) is 15.8 Å². The first-order chi connectivity index (χ1) is 8.70. The van der Waals surface area contributed by atoms with Crippen LogP contribution in [-0.4, -0.2) is 13.6 Å². The van der Waals surface area contributed by atoms with Crippen molar-refractivity contribution in [1.82, 2.24) is 5.32 Å². The van der Waals surface area contributed by atoms with Crippen molar-refractivity contribution in [2.75, 3.05) is 13.6 Å². The number of hydrogen-bond donors (Lipinski definition) is 1. The summed E-state index contributed by atoms with van der Waals surface area (Å²) in [6.07, 6.45) is 6.37. The van der Waals surface area contributed by atoms with Crippen molar-refractivity contribution < 1.29 is 4.74 Å². The van der Waals surface area contributed by atoms with Gasteiger partial charge in [-0.25, -0.2) is 0 Å². The van der Waals surface area contributed by atoms with Crippen LogP contribution < -0.4 is 10.1 Å². The van der Waals surface area contributed by atoms with Crippen molar-refractivity contribution in [3.8, 4) is 5.75 Å². The molecule has 0 fully saturated rings. The zero-order valence-corrected chi connectivity index (χ0v) is 11.7. The first kappa shape index (κ1) is 13.5. The minimum absolute atomic E-state index is 0.504. The molecule has 2 rings (SSSR count). The van der Waals surface area contributed by atoms with Gasteiger partial charge in [-0.15, -0.1) is 0 Å². The molecule has 4 heteroatoms. The van der Waals surface area contributed by atoms with E-state index in [1.807, 2.05) is 13.1 Å². The summed E-state index contributed by atoms with van der Waals surface area (Å²) in [6.45, 7) is 0.799. The third-order valence-electron chi connectivity index (χ3n) is 2.69. The third-order valence-corrected chi connectivity index (χ3v) is 3.43. The Morgan fingerprint density at radius 3 is 2.67 bits per heavy atom. The fourth-order valence-electron chi connectivity index (χ4n) is 1.83. The summed E-state index contributed by atoms with van der Waals surface area (Å²) < 4.78 is 5.87. The smallest absolute Gasteiger partial charge is 0.129 e. The molecular formula is C14H15Cl2NO. The second-order valence-electron chi connectivity index (χ2n) is 4.08. The molecule has 0 radical (unpaired) electrons. The Labute approximate surface area is 117 Å². The highest BCUT2D eigenvalue weighted by molar-refractivity contribution is 6.42. The van der Waals surface area contributed by atoms with Crippen molar-refractivity contribution >= 4 is 23.2 Å². The van der Waals surface area contributed by atoms with Crippen LogP contribution in [0.3, 0.4) is 0 Å². The predicted molar refractivity (Wildman–Crippen MR) is 76.4 cm³/mol. The molecule has 96 valence electrons. The highest BCUT2D eigenvalue weighted by atomic mass is 35.5. The van der Waals surface area contributed by atoms with Gasteiger partial charge in [-0.2, -0.15) is 0 Å². The predicted octanol–water partition coefficient (Wildman–Crippen LogP) is 4.20. The SMILES string of the molecule is CNCC1=CCCC=C1Oc1ccc(Cl)c(Cl)c1. The van der Waals surface area contributed by atoms with Crippen LogP contribution in [0.15, 0.2) is 41.7 Å². The molecule has 2 nitrogen and oxygen atoms in total. The molecule has 1 aromatic carbocycles. The quantitative estimate of drug-likeness (QED) is 0.894. The Morgan fingerprint density at radius 2 is 1.94 bits per heavy atom. The van der Waals surface area contributed by atoms with E-state index in [0.717, 1.165) is 25.1 Å². The Balaban J connectivity index is 2.14. The molecule has 1 aromatic rings. The summed E-state index contributed by atoms with van der Waals surface area (Å²) in [5, 5.41) is 4.18. The molecule has 0 amide bonds. The summed E-state index contributed by atoms with van der Waals surface area (Å²) >= 11 is 11.8. The van der Waals surface area contributed by atoms with Gasteiger partial charge >= 0.3 is 0 Å². The van der Waals surface area contributed by atoms with Crippen LogP contribution in [0, 0.1) is 0 Å². The van der Waals surface area contributed by atoms with Gasteiger partial charge in [0.25, 0.3) is 0 Å². The van der Waals surface area contributed by atoms with Crippen molar-refractivity contribution in [2.24, 2.45) is 0 Å². The van der Waals surface area contributed by atoms with E-state index in [4.69, 9.17) is 27.9 Å². The van der Waals surface area contributed by atoms with Crippen molar-refractivity contribution in [1.29, 1.82) is 0 Å². The fourth-order valence-corrected chi connectivity index (χ4v) is 2.12. The second kappa shape index (κ2) is 6.28. The van der Waals surface area contributed by atoms with Gasteiger partial charge in [-0.3, -0.25) is 0 Å². The summed E-state index contributed by atoms with van der Waals surface area (Å²) in [5.41, 5.74) is 1.18. The molecule has 18 heavy (non-hydrogen) atoms. The molecule has 0 bridgehead atoms. The first-order valence-corrected chi connectivity index (χ1v) is 6.63. The minimum Gasteiger partial charge on any atom is -0.457 e. The van der Waals surface area contributed by atoms with Crippen LogP contribution in [0.5, 0.6) is 5.75 Å². The lowest BCUT2D eigenvalue weighted by Gasteiger charge is -2.17. The molecular weight excluding hydrogens is 269 g/mol. The average molecular weight is 284 g/mol. The van der Waals surface area contributed by atoms with E-state index in [9.17, 15) is 0 Å². The molecule has 0 unspecified atom stereocenters. The van der Waals surface area contributed by atoms with Gasteiger partial charge in [-0.1, -0.05) is 29.3 Å². The molecule has 0 aliphatic heterocycles. The topological polar surface area (TPSA) is 21.3 Å². The highest BCUT2D eigenvalue weighted by Gasteiger charge is 2.11. The molecule has 0 saturated carbocycles. The Bertz CT molecular complexity index is 495. The van der Waals surface area contributed by atoms with Crippen LogP contribution in [0.25, 0.3) is 0 Å². The second-order valence-corrected chi connectivity index (χ2v) is 4.90. The minimum atomic E-state index is 0.504. The molecule has 1 aliphatic rings. The number of likely N-dealkylation sites (N-methyl/N-ethyl adjacent to an activating group) is 1. The van der Waals surface area contributed by atoms with Gasteiger partial charge in [0.1, 0.15) is 11.5 Å². The van der Waals surface area contributed by atoms with E-state index >= 15 is 0 Å². The number of hydrogen-bond acceptors (Lipinski definition) is 2. The van der Waals surface area contributed by atoms with E-state index in [2.05, 4.69) is 17.5 Å². The van der Waals surface area contributed by atoms with Gasteiger partial charge in [0.2, 0.25) is 0 Å². The molecule has 0 saturated heterocycles. The zero-order chi connectivity index (χ0) is 13.0.